The van der Waals surface area contributed by atoms with E-state index in [1.165, 1.54) is 0 Å². The molecule has 1 atom stereocenters. The van der Waals surface area contributed by atoms with Crippen LogP contribution in [0.3, 0.4) is 0 Å². The second-order valence-corrected chi connectivity index (χ2v) is 8.56. The fourth-order valence-corrected chi connectivity index (χ4v) is 4.81. The zero-order valence-corrected chi connectivity index (χ0v) is 16.2. The molecule has 2 N–H and O–H groups in total. The average Bonchev–Trinajstić information content (AvgIpc) is 2.68. The molecule has 1 aliphatic rings. The van der Waals surface area contributed by atoms with Gasteiger partial charge in [0.2, 0.25) is 10.0 Å². The third-order valence-corrected chi connectivity index (χ3v) is 6.88. The van der Waals surface area contributed by atoms with Crippen molar-refractivity contribution in [2.24, 2.45) is 0 Å². The van der Waals surface area contributed by atoms with Crippen molar-refractivity contribution in [3.05, 3.63) is 60.2 Å². The SMILES string of the molecule is C[C@H](C(=O)Nc1ccccc1)[NH+]1CCN(S(=O)(=O)c2c(F)cccc2F)CC1. The van der Waals surface area contributed by atoms with Crippen molar-refractivity contribution in [2.75, 3.05) is 31.5 Å². The molecule has 0 radical (unpaired) electrons. The molecule has 0 spiro atoms. The lowest BCUT2D eigenvalue weighted by Crippen LogP contribution is -3.19. The van der Waals surface area contributed by atoms with Crippen molar-refractivity contribution in [1.82, 2.24) is 4.31 Å². The predicted molar refractivity (Wildman–Crippen MR) is 100 cm³/mol. The largest absolute Gasteiger partial charge is 0.323 e. The van der Waals surface area contributed by atoms with Crippen LogP contribution in [-0.2, 0) is 14.8 Å². The molecule has 3 rings (SSSR count). The number of anilines is 1. The Hall–Kier alpha value is -2.36. The van der Waals surface area contributed by atoms with E-state index in [9.17, 15) is 22.0 Å². The molecular weight excluding hydrogens is 388 g/mol. The van der Waals surface area contributed by atoms with Gasteiger partial charge in [-0.3, -0.25) is 4.79 Å². The maximum atomic E-state index is 13.9. The molecule has 28 heavy (non-hydrogen) atoms. The third kappa shape index (κ3) is 4.21. The number of hydrogen-bond donors (Lipinski definition) is 2. The Balaban J connectivity index is 1.64. The summed E-state index contributed by atoms with van der Waals surface area (Å²) in [5.74, 6) is -2.38. The first-order chi connectivity index (χ1) is 13.3. The first-order valence-corrected chi connectivity index (χ1v) is 10.4. The second-order valence-electron chi connectivity index (χ2n) is 6.69. The Labute approximate surface area is 162 Å². The smallest absolute Gasteiger partial charge is 0.282 e. The van der Waals surface area contributed by atoms with E-state index in [2.05, 4.69) is 5.32 Å². The number of rotatable bonds is 5. The van der Waals surface area contributed by atoms with Gasteiger partial charge in [0, 0.05) is 5.69 Å². The molecule has 1 fully saturated rings. The number of benzene rings is 2. The van der Waals surface area contributed by atoms with Crippen molar-refractivity contribution in [3.63, 3.8) is 0 Å². The monoisotopic (exact) mass is 410 g/mol. The van der Waals surface area contributed by atoms with Gasteiger partial charge >= 0.3 is 0 Å². The number of nitrogens with zero attached hydrogens (tertiary/aromatic N) is 1. The minimum atomic E-state index is -4.27. The number of quaternary nitrogens is 1. The maximum absolute atomic E-state index is 13.9. The van der Waals surface area contributed by atoms with Gasteiger partial charge < -0.3 is 10.2 Å². The number of piperazine rings is 1. The van der Waals surface area contributed by atoms with Gasteiger partial charge in [-0.2, -0.15) is 4.31 Å². The Morgan fingerprint density at radius 2 is 1.61 bits per heavy atom. The summed E-state index contributed by atoms with van der Waals surface area (Å²) < 4.78 is 54.2. The number of hydrogen-bond acceptors (Lipinski definition) is 3. The minimum absolute atomic E-state index is 0.0778. The Morgan fingerprint density at radius 3 is 2.18 bits per heavy atom. The highest BCUT2D eigenvalue weighted by Crippen LogP contribution is 2.22. The lowest BCUT2D eigenvalue weighted by molar-refractivity contribution is -0.917. The lowest BCUT2D eigenvalue weighted by Gasteiger charge is -2.34. The van der Waals surface area contributed by atoms with Gasteiger partial charge in [-0.1, -0.05) is 24.3 Å². The molecule has 1 heterocycles. The number of amides is 1. The standard InChI is InChI=1S/C19H21F2N3O3S/c1-14(19(25)22-15-6-3-2-4-7-15)23-10-12-24(13-11-23)28(26,27)18-16(20)8-5-9-17(18)21/h2-9,14H,10-13H2,1H3,(H,22,25)/p+1/t14-/m1/s1. The van der Waals surface area contributed by atoms with Gasteiger partial charge in [0.1, 0.15) is 11.6 Å². The fourth-order valence-electron chi connectivity index (χ4n) is 3.26. The van der Waals surface area contributed by atoms with Gasteiger partial charge in [-0.05, 0) is 31.2 Å². The number of nitrogens with one attached hydrogen (secondary N) is 2. The number of carbonyl (C=O) groups excluding carboxylic acids is 1. The van der Waals surface area contributed by atoms with E-state index in [1.807, 2.05) is 18.2 Å². The van der Waals surface area contributed by atoms with Gasteiger partial charge in [0.15, 0.2) is 10.9 Å². The first-order valence-electron chi connectivity index (χ1n) is 8.95. The van der Waals surface area contributed by atoms with Gasteiger partial charge in [-0.15, -0.1) is 0 Å². The molecule has 0 saturated carbocycles. The van der Waals surface area contributed by atoms with Crippen molar-refractivity contribution < 1.29 is 26.9 Å². The summed E-state index contributed by atoms with van der Waals surface area (Å²) in [5.41, 5.74) is 0.690. The topological polar surface area (TPSA) is 70.9 Å². The van der Waals surface area contributed by atoms with Crippen LogP contribution < -0.4 is 10.2 Å². The van der Waals surface area contributed by atoms with Gasteiger partial charge in [-0.25, -0.2) is 17.2 Å². The van der Waals surface area contributed by atoms with Crippen molar-refractivity contribution in [1.29, 1.82) is 0 Å². The summed E-state index contributed by atoms with van der Waals surface area (Å²) in [6.45, 7) is 2.65. The molecule has 1 amide bonds. The van der Waals surface area contributed by atoms with Crippen molar-refractivity contribution >= 4 is 21.6 Å². The number of sulfonamides is 1. The van der Waals surface area contributed by atoms with Crippen LogP contribution in [-0.4, -0.2) is 50.9 Å². The summed E-state index contributed by atoms with van der Waals surface area (Å²) in [6, 6.07) is 11.6. The maximum Gasteiger partial charge on any atom is 0.282 e. The van der Waals surface area contributed by atoms with E-state index in [-0.39, 0.29) is 19.0 Å². The summed E-state index contributed by atoms with van der Waals surface area (Å²) >= 11 is 0. The normalized spacial score (nSPS) is 17.2. The molecule has 9 heteroatoms. The quantitative estimate of drug-likeness (QED) is 0.769. The van der Waals surface area contributed by atoms with Crippen LogP contribution in [0.5, 0.6) is 0 Å². The zero-order valence-electron chi connectivity index (χ0n) is 15.4. The Bertz CT molecular complexity index is 926. The van der Waals surface area contributed by atoms with Crippen LogP contribution in [0.4, 0.5) is 14.5 Å². The van der Waals surface area contributed by atoms with Crippen LogP contribution in [0.2, 0.25) is 0 Å². The lowest BCUT2D eigenvalue weighted by atomic mass is 10.2. The highest BCUT2D eigenvalue weighted by atomic mass is 32.2. The van der Waals surface area contributed by atoms with Crippen LogP contribution in [0.25, 0.3) is 0 Å². The highest BCUT2D eigenvalue weighted by Gasteiger charge is 2.36. The summed E-state index contributed by atoms with van der Waals surface area (Å²) in [6.07, 6.45) is 0. The molecule has 150 valence electrons. The number of halogens is 2. The van der Waals surface area contributed by atoms with E-state index in [0.29, 0.717) is 18.8 Å². The zero-order chi connectivity index (χ0) is 20.3. The molecule has 0 aliphatic carbocycles. The molecule has 1 saturated heterocycles. The molecule has 2 aromatic carbocycles. The van der Waals surface area contributed by atoms with Crippen LogP contribution in [0.1, 0.15) is 6.92 Å². The summed E-state index contributed by atoms with van der Waals surface area (Å²) in [5, 5.41) is 2.83. The molecule has 6 nitrogen and oxygen atoms in total. The fraction of sp³-hybridized carbons (Fsp3) is 0.316. The molecule has 0 aromatic heterocycles. The van der Waals surface area contributed by atoms with E-state index < -0.39 is 32.6 Å². The Morgan fingerprint density at radius 1 is 1.04 bits per heavy atom. The van der Waals surface area contributed by atoms with Gasteiger partial charge in [0.05, 0.1) is 26.2 Å². The molecule has 2 aromatic rings. The summed E-state index contributed by atoms with van der Waals surface area (Å²) in [4.78, 5) is 12.4. The van der Waals surface area contributed by atoms with Crippen LogP contribution >= 0.6 is 0 Å². The molecular formula is C19H22F2N3O3S+. The van der Waals surface area contributed by atoms with E-state index in [0.717, 1.165) is 27.4 Å². The van der Waals surface area contributed by atoms with Crippen molar-refractivity contribution in [2.45, 2.75) is 17.9 Å². The molecule has 0 bridgehead atoms. The van der Waals surface area contributed by atoms with Crippen LogP contribution in [0.15, 0.2) is 53.4 Å². The summed E-state index contributed by atoms with van der Waals surface area (Å²) in [7, 11) is -4.27. The number of carbonyl (C=O) groups is 1. The Kier molecular flexibility index (Phi) is 6.07. The van der Waals surface area contributed by atoms with E-state index >= 15 is 0 Å². The minimum Gasteiger partial charge on any atom is -0.323 e. The van der Waals surface area contributed by atoms with E-state index in [4.69, 9.17) is 0 Å². The highest BCUT2D eigenvalue weighted by molar-refractivity contribution is 7.89. The second kappa shape index (κ2) is 8.34. The van der Waals surface area contributed by atoms with Gasteiger partial charge in [0.25, 0.3) is 5.91 Å². The molecule has 1 aliphatic heterocycles. The predicted octanol–water partition coefficient (Wildman–Crippen LogP) is 0.881. The third-order valence-electron chi connectivity index (χ3n) is 4.93. The average molecular weight is 410 g/mol. The first kappa shape index (κ1) is 20.4. The van der Waals surface area contributed by atoms with Crippen LogP contribution in [0, 0.1) is 11.6 Å². The number of para-hydroxylation sites is 1. The van der Waals surface area contributed by atoms with E-state index in [1.54, 1.807) is 19.1 Å². The molecule has 0 unspecified atom stereocenters. The van der Waals surface area contributed by atoms with Crippen molar-refractivity contribution in [3.8, 4) is 0 Å².